The minimum absolute atomic E-state index is 0.124. The molecule has 0 saturated carbocycles. The maximum atomic E-state index is 14.6. The van der Waals surface area contributed by atoms with Crippen LogP contribution < -0.4 is 15.6 Å². The van der Waals surface area contributed by atoms with Gasteiger partial charge in [-0.3, -0.25) is 4.79 Å². The number of nitrogens with zero attached hydrogens (tertiary/aromatic N) is 3. The van der Waals surface area contributed by atoms with Gasteiger partial charge in [0.1, 0.15) is 5.82 Å². The molecular weight excluding hydrogens is 418 g/mol. The Morgan fingerprint density at radius 3 is 2.59 bits per heavy atom. The quantitative estimate of drug-likeness (QED) is 0.601. The van der Waals surface area contributed by atoms with Crippen LogP contribution in [0.1, 0.15) is 31.2 Å². The van der Waals surface area contributed by atoms with Crippen LogP contribution in [0.5, 0.6) is 11.8 Å². The molecule has 5 rings (SSSR count). The minimum atomic E-state index is -0.862. The highest BCUT2D eigenvalue weighted by Crippen LogP contribution is 2.30. The molecule has 1 aromatic carbocycles. The lowest BCUT2D eigenvalue weighted by Crippen LogP contribution is -2.14. The SMILES string of the molecule is Cn1cc(-c2cc3nc(n2)Oc2c(F)cc(cc2F)COCCCCCCN3)ccc1=O. The van der Waals surface area contributed by atoms with Crippen molar-refractivity contribution in [2.75, 3.05) is 18.5 Å². The van der Waals surface area contributed by atoms with Crippen molar-refractivity contribution < 1.29 is 18.3 Å². The van der Waals surface area contributed by atoms with Crippen LogP contribution in [0.25, 0.3) is 11.3 Å². The molecular formula is C23H24F2N4O3. The molecule has 2 aliphatic heterocycles. The molecule has 32 heavy (non-hydrogen) atoms. The first-order valence-corrected chi connectivity index (χ1v) is 10.5. The van der Waals surface area contributed by atoms with Crippen LogP contribution in [0.3, 0.4) is 0 Å². The second-order valence-electron chi connectivity index (χ2n) is 7.67. The molecule has 2 aromatic heterocycles. The Balaban J connectivity index is 1.73. The van der Waals surface area contributed by atoms with Gasteiger partial charge in [-0.2, -0.15) is 9.97 Å². The van der Waals surface area contributed by atoms with Gasteiger partial charge in [0.15, 0.2) is 11.6 Å². The van der Waals surface area contributed by atoms with Crippen molar-refractivity contribution in [1.82, 2.24) is 14.5 Å². The van der Waals surface area contributed by atoms with Crippen molar-refractivity contribution in [3.8, 4) is 23.0 Å². The summed E-state index contributed by atoms with van der Waals surface area (Å²) in [5.41, 5.74) is 1.32. The third kappa shape index (κ3) is 5.28. The van der Waals surface area contributed by atoms with Crippen molar-refractivity contribution in [1.29, 1.82) is 0 Å². The molecule has 0 fully saturated rings. The molecule has 0 atom stereocenters. The zero-order valence-electron chi connectivity index (χ0n) is 17.7. The van der Waals surface area contributed by atoms with E-state index in [4.69, 9.17) is 9.47 Å². The van der Waals surface area contributed by atoms with Crippen molar-refractivity contribution in [2.45, 2.75) is 32.3 Å². The molecule has 2 aliphatic rings. The van der Waals surface area contributed by atoms with Crippen LogP contribution in [0.15, 0.2) is 41.3 Å². The Bertz CT molecular complexity index is 1140. The zero-order valence-corrected chi connectivity index (χ0v) is 17.7. The summed E-state index contributed by atoms with van der Waals surface area (Å²) in [5.74, 6) is -1.84. The summed E-state index contributed by atoms with van der Waals surface area (Å²) in [6, 6.07) is 6.93. The number of anilines is 1. The minimum Gasteiger partial charge on any atom is -0.418 e. The number of benzene rings is 1. The number of aryl methyl sites for hydroxylation is 1. The topological polar surface area (TPSA) is 78.3 Å². The second-order valence-corrected chi connectivity index (χ2v) is 7.67. The van der Waals surface area contributed by atoms with Crippen LogP contribution >= 0.6 is 0 Å². The van der Waals surface area contributed by atoms with Crippen LogP contribution in [-0.2, 0) is 18.4 Å². The summed E-state index contributed by atoms with van der Waals surface area (Å²) in [6.07, 6.45) is 5.43. The Morgan fingerprint density at radius 1 is 1.03 bits per heavy atom. The number of hydrogen-bond acceptors (Lipinski definition) is 6. The lowest BCUT2D eigenvalue weighted by molar-refractivity contribution is 0.116. The van der Waals surface area contributed by atoms with Crippen molar-refractivity contribution in [3.63, 3.8) is 0 Å². The van der Waals surface area contributed by atoms with E-state index in [0.717, 1.165) is 25.7 Å². The molecule has 0 saturated heterocycles. The fourth-order valence-electron chi connectivity index (χ4n) is 3.43. The average molecular weight is 442 g/mol. The van der Waals surface area contributed by atoms with Crippen LogP contribution in [-0.4, -0.2) is 27.7 Å². The summed E-state index contributed by atoms with van der Waals surface area (Å²) in [7, 11) is 1.63. The van der Waals surface area contributed by atoms with E-state index in [0.29, 0.717) is 35.8 Å². The number of halogens is 2. The average Bonchev–Trinajstić information content (AvgIpc) is 2.76. The summed E-state index contributed by atoms with van der Waals surface area (Å²) in [4.78, 5) is 20.3. The fourth-order valence-corrected chi connectivity index (χ4v) is 3.43. The Hall–Kier alpha value is -3.33. The fraction of sp³-hybridized carbons (Fsp3) is 0.348. The van der Waals surface area contributed by atoms with Gasteiger partial charge in [-0.25, -0.2) is 8.78 Å². The van der Waals surface area contributed by atoms with E-state index >= 15 is 0 Å². The van der Waals surface area contributed by atoms with Crippen molar-refractivity contribution >= 4 is 5.82 Å². The van der Waals surface area contributed by atoms with Crippen LogP contribution in [0, 0.1) is 11.6 Å². The summed E-state index contributed by atoms with van der Waals surface area (Å²) < 4.78 is 41.6. The Kier molecular flexibility index (Phi) is 6.75. The van der Waals surface area contributed by atoms with E-state index in [9.17, 15) is 13.6 Å². The Morgan fingerprint density at radius 2 is 1.81 bits per heavy atom. The van der Waals surface area contributed by atoms with Crippen LogP contribution in [0.4, 0.5) is 14.6 Å². The highest BCUT2D eigenvalue weighted by Gasteiger charge is 2.17. The molecule has 4 bridgehead atoms. The number of pyridine rings is 1. The van der Waals surface area contributed by atoms with Gasteiger partial charge in [-0.15, -0.1) is 0 Å². The van der Waals surface area contributed by atoms with E-state index in [1.807, 2.05) is 0 Å². The smallest absolute Gasteiger partial charge is 0.324 e. The maximum absolute atomic E-state index is 14.6. The third-order valence-electron chi connectivity index (χ3n) is 5.13. The molecule has 0 unspecified atom stereocenters. The predicted octanol–water partition coefficient (Wildman–Crippen LogP) is 4.42. The number of nitrogens with one attached hydrogen (secondary N) is 1. The number of ether oxygens (including phenoxy) is 2. The summed E-state index contributed by atoms with van der Waals surface area (Å²) in [6.45, 7) is 1.32. The molecule has 0 aliphatic carbocycles. The second kappa shape index (κ2) is 9.86. The third-order valence-corrected chi connectivity index (χ3v) is 5.13. The van der Waals surface area contributed by atoms with E-state index in [-0.39, 0.29) is 18.2 Å². The molecule has 9 heteroatoms. The van der Waals surface area contributed by atoms with E-state index in [2.05, 4.69) is 15.3 Å². The molecule has 0 amide bonds. The molecule has 3 aromatic rings. The standard InChI is InChI=1S/C23H24F2N4O3/c1-29-13-16(6-7-21(29)30)19-12-20-26-8-4-2-3-5-9-31-14-15-10-17(24)22(18(25)11-15)32-23(27-19)28-20/h6-7,10-13H,2-5,8-9,14H2,1H3,(H,26,27,28). The molecule has 0 radical (unpaired) electrons. The number of rotatable bonds is 1. The maximum Gasteiger partial charge on any atom is 0.324 e. The number of hydrogen-bond donors (Lipinski definition) is 1. The first kappa shape index (κ1) is 21.9. The summed E-state index contributed by atoms with van der Waals surface area (Å²) in [5, 5.41) is 3.22. The van der Waals surface area contributed by atoms with Gasteiger partial charge in [-0.1, -0.05) is 12.8 Å². The highest BCUT2D eigenvalue weighted by molar-refractivity contribution is 5.62. The first-order chi connectivity index (χ1) is 15.5. The van der Waals surface area contributed by atoms with Gasteiger partial charge >= 0.3 is 6.01 Å². The first-order valence-electron chi connectivity index (χ1n) is 10.5. The lowest BCUT2D eigenvalue weighted by Gasteiger charge is -2.12. The zero-order chi connectivity index (χ0) is 22.5. The molecule has 7 nitrogen and oxygen atoms in total. The molecule has 1 N–H and O–H groups in total. The van der Waals surface area contributed by atoms with Crippen molar-refractivity contribution in [3.05, 3.63) is 64.1 Å². The van der Waals surface area contributed by atoms with E-state index < -0.39 is 17.4 Å². The van der Waals surface area contributed by atoms with Crippen LogP contribution in [0.2, 0.25) is 0 Å². The number of fused-ring (bicyclic) bond motifs is 10. The van der Waals surface area contributed by atoms with Crippen molar-refractivity contribution in [2.24, 2.45) is 7.05 Å². The Labute approximate surface area is 184 Å². The van der Waals surface area contributed by atoms with Gasteiger partial charge in [0.25, 0.3) is 0 Å². The normalized spacial score (nSPS) is 15.0. The van der Waals surface area contributed by atoms with Gasteiger partial charge < -0.3 is 19.4 Å². The molecule has 0 spiro atoms. The lowest BCUT2D eigenvalue weighted by atomic mass is 10.2. The van der Waals surface area contributed by atoms with Gasteiger partial charge in [0.2, 0.25) is 11.3 Å². The van der Waals surface area contributed by atoms with Gasteiger partial charge in [0, 0.05) is 44.1 Å². The highest BCUT2D eigenvalue weighted by atomic mass is 19.1. The molecule has 4 heterocycles. The monoisotopic (exact) mass is 442 g/mol. The predicted molar refractivity (Wildman–Crippen MR) is 116 cm³/mol. The largest absolute Gasteiger partial charge is 0.418 e. The van der Waals surface area contributed by atoms with Gasteiger partial charge in [0.05, 0.1) is 12.3 Å². The van der Waals surface area contributed by atoms with E-state index in [1.54, 1.807) is 25.4 Å². The number of aromatic nitrogens is 3. The summed E-state index contributed by atoms with van der Waals surface area (Å²) >= 11 is 0. The molecule has 168 valence electrons. The van der Waals surface area contributed by atoms with E-state index in [1.165, 1.54) is 22.8 Å². The van der Waals surface area contributed by atoms with Gasteiger partial charge in [-0.05, 0) is 36.6 Å².